The number of carbonyl (C=O) groups excluding carboxylic acids is 1. The van der Waals surface area contributed by atoms with Crippen molar-refractivity contribution >= 4 is 61.0 Å². The standard InChI is InChI=1S/C19H14Br2Cl2N2O2/c20-14-4-1-12(2-5-14)18(19(21)25-8-7-24-11-25)27-17(26)9-13-3-6-15(22)10-16(13)23/h1-8,10-11,18-19H,9H2. The van der Waals surface area contributed by atoms with E-state index in [4.69, 9.17) is 27.9 Å². The van der Waals surface area contributed by atoms with Gasteiger partial charge in [0.05, 0.1) is 12.7 Å². The number of imidazole rings is 1. The molecule has 0 aliphatic heterocycles. The first kappa shape index (κ1) is 20.4. The van der Waals surface area contributed by atoms with Gasteiger partial charge in [0, 0.05) is 26.9 Å². The van der Waals surface area contributed by atoms with Crippen LogP contribution in [0.2, 0.25) is 10.0 Å². The maximum atomic E-state index is 12.6. The molecular weight excluding hydrogens is 519 g/mol. The molecule has 140 valence electrons. The predicted molar refractivity (Wildman–Crippen MR) is 113 cm³/mol. The van der Waals surface area contributed by atoms with Crippen LogP contribution in [0.3, 0.4) is 0 Å². The fourth-order valence-electron chi connectivity index (χ4n) is 2.51. The number of nitrogens with zero attached hydrogens (tertiary/aromatic N) is 2. The zero-order valence-corrected chi connectivity index (χ0v) is 18.5. The smallest absolute Gasteiger partial charge is 0.311 e. The van der Waals surface area contributed by atoms with Gasteiger partial charge in [-0.1, -0.05) is 73.3 Å². The van der Waals surface area contributed by atoms with E-state index < -0.39 is 12.1 Å². The number of ether oxygens (including phenoxy) is 1. The Morgan fingerprint density at radius 1 is 1.19 bits per heavy atom. The predicted octanol–water partition coefficient (Wildman–Crippen LogP) is 6.37. The number of aromatic nitrogens is 2. The molecule has 2 unspecified atom stereocenters. The second-order valence-electron chi connectivity index (χ2n) is 5.76. The zero-order valence-electron chi connectivity index (χ0n) is 13.9. The molecule has 0 N–H and O–H groups in total. The summed E-state index contributed by atoms with van der Waals surface area (Å²) in [5.74, 6) is -0.392. The van der Waals surface area contributed by atoms with Crippen molar-refractivity contribution in [3.8, 4) is 0 Å². The number of benzene rings is 2. The summed E-state index contributed by atoms with van der Waals surface area (Å²) in [5, 5.41) is 0.954. The van der Waals surface area contributed by atoms with Crippen molar-refractivity contribution in [1.29, 1.82) is 0 Å². The lowest BCUT2D eigenvalue weighted by atomic mass is 10.1. The summed E-state index contributed by atoms with van der Waals surface area (Å²) < 4.78 is 8.58. The molecule has 0 saturated heterocycles. The van der Waals surface area contributed by atoms with E-state index in [9.17, 15) is 4.79 Å². The minimum Gasteiger partial charge on any atom is -0.454 e. The molecule has 0 bridgehead atoms. The molecule has 3 aromatic rings. The third-order valence-electron chi connectivity index (χ3n) is 3.87. The summed E-state index contributed by atoms with van der Waals surface area (Å²) in [7, 11) is 0. The largest absolute Gasteiger partial charge is 0.454 e. The normalized spacial score (nSPS) is 13.2. The van der Waals surface area contributed by atoms with Gasteiger partial charge < -0.3 is 9.30 Å². The molecule has 0 radical (unpaired) electrons. The molecule has 0 aliphatic carbocycles. The number of hydrogen-bond donors (Lipinski definition) is 0. The number of esters is 1. The van der Waals surface area contributed by atoms with Crippen LogP contribution in [-0.4, -0.2) is 15.5 Å². The minimum absolute atomic E-state index is 0.0483. The summed E-state index contributed by atoms with van der Waals surface area (Å²) >= 11 is 19.1. The molecular formula is C19H14Br2Cl2N2O2. The van der Waals surface area contributed by atoms with Crippen LogP contribution in [0.15, 0.2) is 65.7 Å². The highest BCUT2D eigenvalue weighted by Gasteiger charge is 2.26. The van der Waals surface area contributed by atoms with Crippen LogP contribution in [0.4, 0.5) is 0 Å². The topological polar surface area (TPSA) is 44.1 Å². The van der Waals surface area contributed by atoms with Gasteiger partial charge in [-0.15, -0.1) is 0 Å². The molecule has 27 heavy (non-hydrogen) atoms. The highest BCUT2D eigenvalue weighted by atomic mass is 79.9. The third-order valence-corrected chi connectivity index (χ3v) is 5.93. The summed E-state index contributed by atoms with van der Waals surface area (Å²) in [5.41, 5.74) is 1.51. The molecule has 3 rings (SSSR count). The van der Waals surface area contributed by atoms with Crippen molar-refractivity contribution in [3.63, 3.8) is 0 Å². The maximum Gasteiger partial charge on any atom is 0.311 e. The molecule has 0 aliphatic rings. The van der Waals surface area contributed by atoms with E-state index in [1.165, 1.54) is 0 Å². The SMILES string of the molecule is O=C(Cc1ccc(Cl)cc1Cl)OC(c1ccc(Br)cc1)C(Br)n1ccnc1. The van der Waals surface area contributed by atoms with E-state index in [1.54, 1.807) is 36.9 Å². The first-order valence-corrected chi connectivity index (χ1v) is 10.4. The Balaban J connectivity index is 1.82. The van der Waals surface area contributed by atoms with Gasteiger partial charge in [-0.2, -0.15) is 0 Å². The Kier molecular flexibility index (Phi) is 6.98. The number of rotatable bonds is 6. The monoisotopic (exact) mass is 530 g/mol. The zero-order chi connectivity index (χ0) is 19.4. The Bertz CT molecular complexity index is 918. The van der Waals surface area contributed by atoms with Gasteiger partial charge in [0.15, 0.2) is 6.10 Å². The van der Waals surface area contributed by atoms with E-state index in [2.05, 4.69) is 36.8 Å². The van der Waals surface area contributed by atoms with Crippen LogP contribution in [-0.2, 0) is 16.0 Å². The van der Waals surface area contributed by atoms with Crippen LogP contribution in [0.1, 0.15) is 22.2 Å². The van der Waals surface area contributed by atoms with Crippen LogP contribution in [0.5, 0.6) is 0 Å². The first-order chi connectivity index (χ1) is 12.9. The molecule has 4 nitrogen and oxygen atoms in total. The molecule has 1 heterocycles. The molecule has 0 amide bonds. The van der Waals surface area contributed by atoms with Crippen LogP contribution in [0.25, 0.3) is 0 Å². The number of alkyl halides is 1. The maximum absolute atomic E-state index is 12.6. The van der Waals surface area contributed by atoms with Crippen molar-refractivity contribution in [3.05, 3.63) is 86.8 Å². The lowest BCUT2D eigenvalue weighted by Gasteiger charge is -2.24. The quantitative estimate of drug-likeness (QED) is 0.273. The van der Waals surface area contributed by atoms with Gasteiger partial charge in [0.25, 0.3) is 0 Å². The minimum atomic E-state index is -0.550. The average Bonchev–Trinajstić information content (AvgIpc) is 3.17. The summed E-state index contributed by atoms with van der Waals surface area (Å²) in [6.45, 7) is 0. The Hall–Kier alpha value is -1.34. The molecule has 2 atom stereocenters. The number of carbonyl (C=O) groups is 1. The Morgan fingerprint density at radius 2 is 1.93 bits per heavy atom. The summed E-state index contributed by atoms with van der Waals surface area (Å²) in [6, 6.07) is 12.6. The highest BCUT2D eigenvalue weighted by molar-refractivity contribution is 9.10. The van der Waals surface area contributed by atoms with Gasteiger partial charge in [-0.3, -0.25) is 4.79 Å². The fourth-order valence-corrected chi connectivity index (χ4v) is 3.91. The van der Waals surface area contributed by atoms with Crippen LogP contribution in [0, 0.1) is 0 Å². The van der Waals surface area contributed by atoms with E-state index in [1.807, 2.05) is 28.8 Å². The average molecular weight is 533 g/mol. The van der Waals surface area contributed by atoms with E-state index in [0.717, 1.165) is 10.0 Å². The van der Waals surface area contributed by atoms with Crippen molar-refractivity contribution < 1.29 is 9.53 Å². The van der Waals surface area contributed by atoms with Gasteiger partial charge in [0.1, 0.15) is 4.95 Å². The molecule has 0 fully saturated rings. The number of hydrogen-bond acceptors (Lipinski definition) is 3. The van der Waals surface area contributed by atoms with E-state index in [-0.39, 0.29) is 11.4 Å². The lowest BCUT2D eigenvalue weighted by molar-refractivity contribution is -0.149. The summed E-state index contributed by atoms with van der Waals surface area (Å²) in [6.07, 6.45) is 4.63. The Morgan fingerprint density at radius 3 is 2.56 bits per heavy atom. The van der Waals surface area contributed by atoms with Gasteiger partial charge >= 0.3 is 5.97 Å². The van der Waals surface area contributed by atoms with Crippen molar-refractivity contribution in [2.24, 2.45) is 0 Å². The van der Waals surface area contributed by atoms with Crippen LogP contribution >= 0.6 is 55.1 Å². The summed E-state index contributed by atoms with van der Waals surface area (Å²) in [4.78, 5) is 16.3. The number of halogens is 4. The first-order valence-electron chi connectivity index (χ1n) is 7.94. The van der Waals surface area contributed by atoms with E-state index in [0.29, 0.717) is 15.6 Å². The van der Waals surface area contributed by atoms with Crippen molar-refractivity contribution in [2.75, 3.05) is 0 Å². The third kappa shape index (κ3) is 5.35. The fraction of sp³-hybridized carbons (Fsp3) is 0.158. The molecule has 1 aromatic heterocycles. The van der Waals surface area contributed by atoms with Gasteiger partial charge in [-0.05, 0) is 35.4 Å². The second-order valence-corrected chi connectivity index (χ2v) is 8.45. The molecule has 0 saturated carbocycles. The second kappa shape index (κ2) is 9.24. The Labute approximate surface area is 183 Å². The molecule has 2 aromatic carbocycles. The van der Waals surface area contributed by atoms with Gasteiger partial charge in [0.2, 0.25) is 0 Å². The molecule has 8 heteroatoms. The van der Waals surface area contributed by atoms with Crippen molar-refractivity contribution in [1.82, 2.24) is 9.55 Å². The van der Waals surface area contributed by atoms with Gasteiger partial charge in [-0.25, -0.2) is 4.98 Å². The van der Waals surface area contributed by atoms with E-state index >= 15 is 0 Å². The molecule has 0 spiro atoms. The lowest BCUT2D eigenvalue weighted by Crippen LogP contribution is -2.20. The van der Waals surface area contributed by atoms with Crippen LogP contribution < -0.4 is 0 Å². The van der Waals surface area contributed by atoms with Crippen molar-refractivity contribution in [2.45, 2.75) is 17.5 Å². The highest BCUT2D eigenvalue weighted by Crippen LogP contribution is 2.36.